The highest BCUT2D eigenvalue weighted by molar-refractivity contribution is 5.97. The van der Waals surface area contributed by atoms with E-state index in [9.17, 15) is 35.9 Å². The molecule has 0 saturated heterocycles. The summed E-state index contributed by atoms with van der Waals surface area (Å²) in [4.78, 5) is 32.7. The van der Waals surface area contributed by atoms with Crippen LogP contribution in [0.5, 0.6) is 5.75 Å². The van der Waals surface area contributed by atoms with Crippen molar-refractivity contribution in [3.05, 3.63) is 64.8 Å². The zero-order valence-corrected chi connectivity index (χ0v) is 23.2. The largest absolute Gasteiger partial charge is 0.489 e. The van der Waals surface area contributed by atoms with Gasteiger partial charge in [-0.3, -0.25) is 9.59 Å². The molecule has 2 aliphatic rings. The lowest BCUT2D eigenvalue weighted by atomic mass is 9.72. The number of nitrogens with one attached hydrogen (secondary N) is 1. The van der Waals surface area contributed by atoms with Crippen LogP contribution in [0.15, 0.2) is 58.1 Å². The molecule has 1 N–H and O–H groups in total. The fourth-order valence-corrected chi connectivity index (χ4v) is 5.53. The van der Waals surface area contributed by atoms with Gasteiger partial charge in [0.15, 0.2) is 11.0 Å². The van der Waals surface area contributed by atoms with Crippen LogP contribution in [0.1, 0.15) is 39.2 Å². The van der Waals surface area contributed by atoms with Crippen molar-refractivity contribution in [2.75, 3.05) is 23.4 Å². The van der Waals surface area contributed by atoms with Crippen LogP contribution in [0.4, 0.5) is 37.7 Å². The van der Waals surface area contributed by atoms with Gasteiger partial charge in [0.1, 0.15) is 24.1 Å². The van der Waals surface area contributed by atoms with Crippen molar-refractivity contribution in [1.29, 1.82) is 0 Å². The number of aromatic nitrogens is 2. The number of alkyl halides is 6. The second-order valence-corrected chi connectivity index (χ2v) is 10.6. The first kappa shape index (κ1) is 30.1. The van der Waals surface area contributed by atoms with Crippen molar-refractivity contribution >= 4 is 39.3 Å². The van der Waals surface area contributed by atoms with E-state index in [1.165, 1.54) is 12.3 Å². The van der Waals surface area contributed by atoms with E-state index in [0.717, 1.165) is 23.0 Å². The number of halogens is 6. The molecule has 0 aliphatic carbocycles. The van der Waals surface area contributed by atoms with Crippen molar-refractivity contribution in [2.45, 2.75) is 56.9 Å². The Morgan fingerprint density at radius 1 is 1.00 bits per heavy atom. The zero-order valence-electron chi connectivity index (χ0n) is 23.2. The number of anilines is 2. The summed E-state index contributed by atoms with van der Waals surface area (Å²) >= 11 is 0. The number of pyridine rings is 1. The lowest BCUT2D eigenvalue weighted by Gasteiger charge is -2.47. The van der Waals surface area contributed by atoms with Crippen molar-refractivity contribution in [2.24, 2.45) is 0 Å². The zero-order chi connectivity index (χ0) is 31.4. The summed E-state index contributed by atoms with van der Waals surface area (Å²) in [6.07, 6.45) is -9.49. The quantitative estimate of drug-likeness (QED) is 0.205. The van der Waals surface area contributed by atoms with Crippen molar-refractivity contribution in [1.82, 2.24) is 9.97 Å². The van der Waals surface area contributed by atoms with Crippen molar-refractivity contribution in [3.8, 4) is 5.75 Å². The average Bonchev–Trinajstić information content (AvgIpc) is 2.94. The normalized spacial score (nSPS) is 19.6. The van der Waals surface area contributed by atoms with E-state index in [0.29, 0.717) is 24.1 Å². The van der Waals surface area contributed by atoms with Crippen molar-refractivity contribution < 1.29 is 40.3 Å². The van der Waals surface area contributed by atoms with E-state index >= 15 is 0 Å². The van der Waals surface area contributed by atoms with Crippen LogP contribution in [0, 0.1) is 0 Å². The Hall–Kier alpha value is -4.36. The Bertz CT molecular complexity index is 1760. The van der Waals surface area contributed by atoms with Crippen LogP contribution in [-0.4, -0.2) is 46.9 Å². The van der Waals surface area contributed by atoms with Gasteiger partial charge in [0.2, 0.25) is 5.91 Å². The monoisotopic (exact) mass is 608 g/mol. The maximum Gasteiger partial charge on any atom is 0.407 e. The molecule has 43 heavy (non-hydrogen) atoms. The molecule has 6 rings (SSSR count). The maximum absolute atomic E-state index is 13.8. The molecule has 2 aromatic heterocycles. The second-order valence-electron chi connectivity index (χ2n) is 10.6. The summed E-state index contributed by atoms with van der Waals surface area (Å²) in [5.74, 6) is -1.20. The SMILES string of the molecule is CCN1c2cc3c(cc2OCC1(C)CC)NC(=O)CC3(C(F)(F)F)C(F)(F)F.O=c1ccc2cc3nccoc3cc2n1. The molecule has 0 spiro atoms. The minimum absolute atomic E-state index is 0.145. The molecule has 14 heteroatoms. The van der Waals surface area contributed by atoms with Crippen LogP contribution in [0.25, 0.3) is 22.0 Å². The molecular formula is C29H26F6N4O4. The molecule has 228 valence electrons. The van der Waals surface area contributed by atoms with E-state index in [1.54, 1.807) is 30.2 Å². The molecular weight excluding hydrogens is 582 g/mol. The number of ether oxygens (including phenoxy) is 1. The Balaban J connectivity index is 0.000000204. The minimum Gasteiger partial charge on any atom is -0.489 e. The van der Waals surface area contributed by atoms with Gasteiger partial charge in [-0.15, -0.1) is 0 Å². The molecule has 4 aromatic rings. The summed E-state index contributed by atoms with van der Waals surface area (Å²) < 4.78 is 93.9. The summed E-state index contributed by atoms with van der Waals surface area (Å²) in [7, 11) is 0. The summed E-state index contributed by atoms with van der Waals surface area (Å²) in [6, 6.07) is 8.68. The predicted molar refractivity (Wildman–Crippen MR) is 146 cm³/mol. The average molecular weight is 609 g/mol. The number of carbonyl (C=O) groups excluding carboxylic acids is 1. The number of hydrogen-bond acceptors (Lipinski definition) is 7. The van der Waals surface area contributed by atoms with Gasteiger partial charge in [0, 0.05) is 41.4 Å². The standard InChI is InChI=1S/C18H20F6N2O2.C11H6N2O2/c1-4-15(3)9-28-13-7-11-10(6-12(13)26(15)5-2)16(17(19,20)21,18(22,23)24)8-14(27)25-11;14-11-2-1-7-5-9-10(6-8(7)13-11)15-4-3-12-9/h6-7H,4-5,8-9H2,1-3H3,(H,25,27);1-6H. The van der Waals surface area contributed by atoms with E-state index < -0.39 is 46.9 Å². The van der Waals surface area contributed by atoms with Gasteiger partial charge < -0.3 is 19.4 Å². The number of nitrogens with zero attached hydrogens (tertiary/aromatic N) is 3. The molecule has 0 bridgehead atoms. The number of amides is 1. The Labute approximate surface area is 240 Å². The van der Waals surface area contributed by atoms with Gasteiger partial charge in [-0.25, -0.2) is 9.97 Å². The maximum atomic E-state index is 13.8. The number of benzene rings is 2. The number of carbonyl (C=O) groups is 1. The first-order valence-corrected chi connectivity index (χ1v) is 13.3. The summed E-state index contributed by atoms with van der Waals surface area (Å²) in [6.45, 7) is 6.06. The first-order valence-electron chi connectivity index (χ1n) is 13.3. The van der Waals surface area contributed by atoms with E-state index in [4.69, 9.17) is 9.15 Å². The molecule has 4 heterocycles. The molecule has 0 fully saturated rings. The lowest BCUT2D eigenvalue weighted by Crippen LogP contribution is -2.58. The molecule has 1 unspecified atom stereocenters. The van der Waals surface area contributed by atoms with Crippen LogP contribution in [0.3, 0.4) is 0 Å². The van der Waals surface area contributed by atoms with Gasteiger partial charge >= 0.3 is 12.4 Å². The molecule has 8 nitrogen and oxygen atoms in total. The number of hydrogen-bond donors (Lipinski definition) is 1. The third-order valence-electron chi connectivity index (χ3n) is 8.00. The van der Waals surface area contributed by atoms with E-state index in [-0.39, 0.29) is 23.6 Å². The Morgan fingerprint density at radius 2 is 1.72 bits per heavy atom. The van der Waals surface area contributed by atoms with Crippen molar-refractivity contribution in [3.63, 3.8) is 0 Å². The van der Waals surface area contributed by atoms with Gasteiger partial charge in [-0.2, -0.15) is 26.3 Å². The molecule has 0 radical (unpaired) electrons. The molecule has 2 aromatic carbocycles. The van der Waals surface area contributed by atoms with E-state index in [2.05, 4.69) is 15.3 Å². The van der Waals surface area contributed by atoms with Crippen LogP contribution < -0.4 is 20.5 Å². The molecule has 1 atom stereocenters. The van der Waals surface area contributed by atoms with Crippen LogP contribution >= 0.6 is 0 Å². The lowest BCUT2D eigenvalue weighted by molar-refractivity contribution is -0.303. The van der Waals surface area contributed by atoms with Gasteiger partial charge in [-0.1, -0.05) is 6.92 Å². The fourth-order valence-electron chi connectivity index (χ4n) is 5.53. The molecule has 2 aliphatic heterocycles. The summed E-state index contributed by atoms with van der Waals surface area (Å²) in [5.41, 5.74) is -4.45. The molecule has 0 saturated carbocycles. The van der Waals surface area contributed by atoms with Gasteiger partial charge in [-0.05, 0) is 38.5 Å². The van der Waals surface area contributed by atoms with Gasteiger partial charge in [0.05, 0.1) is 29.4 Å². The Morgan fingerprint density at radius 3 is 2.37 bits per heavy atom. The number of likely N-dealkylation sites (N-methyl/N-ethyl adjacent to an activating group) is 1. The minimum atomic E-state index is -5.70. The van der Waals surface area contributed by atoms with Gasteiger partial charge in [0.25, 0.3) is 5.56 Å². The smallest absolute Gasteiger partial charge is 0.407 e. The molecule has 1 amide bonds. The highest BCUT2D eigenvalue weighted by atomic mass is 19.4. The highest BCUT2D eigenvalue weighted by Gasteiger charge is 2.74. The third-order valence-corrected chi connectivity index (χ3v) is 8.00. The fraction of sp³-hybridized carbons (Fsp3) is 0.379. The number of fused-ring (bicyclic) bond motifs is 4. The third kappa shape index (κ3) is 5.01. The van der Waals surface area contributed by atoms with Crippen LogP contribution in [0.2, 0.25) is 0 Å². The Kier molecular flexibility index (Phi) is 7.30. The van der Waals surface area contributed by atoms with Crippen LogP contribution in [-0.2, 0) is 10.2 Å². The van der Waals surface area contributed by atoms with E-state index in [1.807, 2.05) is 19.9 Å². The summed E-state index contributed by atoms with van der Waals surface area (Å²) in [5, 5.41) is 3.02. The highest BCUT2D eigenvalue weighted by Crippen LogP contribution is 2.59. The number of rotatable bonds is 2. The second kappa shape index (κ2) is 10.4. The predicted octanol–water partition coefficient (Wildman–Crippen LogP) is 6.51. The topological polar surface area (TPSA) is 97.6 Å². The first-order chi connectivity index (χ1) is 20.1.